The van der Waals surface area contributed by atoms with Crippen molar-refractivity contribution in [2.45, 2.75) is 93.7 Å². The van der Waals surface area contributed by atoms with E-state index in [0.717, 1.165) is 32.7 Å². The Hall–Kier alpha value is -3.50. The zero-order valence-corrected chi connectivity index (χ0v) is 27.9. The number of sulfonamides is 1. The van der Waals surface area contributed by atoms with E-state index in [4.69, 9.17) is 9.47 Å². The molecule has 0 N–H and O–H groups in total. The molecule has 0 radical (unpaired) electrons. The Kier molecular flexibility index (Phi) is 9.90. The van der Waals surface area contributed by atoms with E-state index in [1.807, 2.05) is 6.07 Å². The van der Waals surface area contributed by atoms with Gasteiger partial charge in [0.2, 0.25) is 15.9 Å². The van der Waals surface area contributed by atoms with Gasteiger partial charge in [0.1, 0.15) is 17.2 Å². The van der Waals surface area contributed by atoms with Crippen molar-refractivity contribution in [3.63, 3.8) is 0 Å². The van der Waals surface area contributed by atoms with Gasteiger partial charge in [-0.3, -0.25) is 4.79 Å². The number of nitrogens with zero attached hydrogens (tertiary/aromatic N) is 2. The van der Waals surface area contributed by atoms with Crippen LogP contribution in [0, 0.1) is 11.8 Å². The second-order valence-corrected chi connectivity index (χ2v) is 15.5. The van der Waals surface area contributed by atoms with Crippen LogP contribution in [0.3, 0.4) is 0 Å². The van der Waals surface area contributed by atoms with Gasteiger partial charge in [0, 0.05) is 24.7 Å². The number of piperidine rings is 1. The van der Waals surface area contributed by atoms with Crippen molar-refractivity contribution in [1.82, 2.24) is 9.21 Å². The van der Waals surface area contributed by atoms with Gasteiger partial charge in [-0.15, -0.1) is 0 Å². The number of amides is 1. The molecule has 47 heavy (non-hydrogen) atoms. The number of fused-ring (bicyclic) bond motifs is 2. The van der Waals surface area contributed by atoms with E-state index in [9.17, 15) is 13.2 Å². The number of ether oxygens (including phenoxy) is 2. The first kappa shape index (κ1) is 33.4. The van der Waals surface area contributed by atoms with Crippen molar-refractivity contribution in [3.05, 3.63) is 84.4 Å². The fourth-order valence-electron chi connectivity index (χ4n) is 7.60. The van der Waals surface area contributed by atoms with Crippen molar-refractivity contribution in [1.29, 1.82) is 0 Å². The van der Waals surface area contributed by atoms with Crippen molar-refractivity contribution in [2.75, 3.05) is 13.7 Å². The third kappa shape index (κ3) is 7.18. The van der Waals surface area contributed by atoms with Crippen LogP contribution < -0.4 is 9.47 Å². The maximum Gasteiger partial charge on any atom is 0.298 e. The first-order chi connectivity index (χ1) is 22.5. The van der Waals surface area contributed by atoms with Crippen molar-refractivity contribution < 1.29 is 31.5 Å². The number of hydrogen-bond donors (Lipinski definition) is 0. The standard InChI is InChI=1S/C37H44F2N2O5S/c1-26-23-29-15-16-30(24-26)41(29)36(42)35(37(38,39)28-13-17-33(18-14-28)46-32-11-7-4-8-12-32)40(2)47(43,44)34-21-19-31(20-22-34)45-25-27-9-5-3-6-10-27/h4,7-8,11-14,17-22,26-27,29-30,35H,3,5-6,9-10,15-16,23-25H2,1-2H3. The zero-order chi connectivity index (χ0) is 33.2. The molecule has 3 fully saturated rings. The molecule has 2 heterocycles. The summed E-state index contributed by atoms with van der Waals surface area (Å²) in [5, 5.41) is 0. The molecule has 0 spiro atoms. The van der Waals surface area contributed by atoms with E-state index in [0.29, 0.717) is 52.8 Å². The second kappa shape index (κ2) is 13.9. The summed E-state index contributed by atoms with van der Waals surface area (Å²) in [5.74, 6) is -2.47. The molecule has 2 saturated heterocycles. The highest BCUT2D eigenvalue weighted by atomic mass is 32.2. The molecular formula is C37H44F2N2O5S. The van der Waals surface area contributed by atoms with Crippen LogP contribution in [-0.2, 0) is 20.7 Å². The highest BCUT2D eigenvalue weighted by Gasteiger charge is 2.56. The van der Waals surface area contributed by atoms with Gasteiger partial charge in [-0.1, -0.05) is 44.4 Å². The molecule has 6 rings (SSSR count). The summed E-state index contributed by atoms with van der Waals surface area (Å²) >= 11 is 0. The molecule has 10 heteroatoms. The van der Waals surface area contributed by atoms with Crippen LogP contribution in [-0.4, -0.2) is 55.3 Å². The zero-order valence-electron chi connectivity index (χ0n) is 27.1. The molecule has 2 aliphatic heterocycles. The molecule has 3 unspecified atom stereocenters. The Morgan fingerprint density at radius 1 is 0.851 bits per heavy atom. The first-order valence-electron chi connectivity index (χ1n) is 16.8. The van der Waals surface area contributed by atoms with Crippen LogP contribution in [0.1, 0.15) is 70.3 Å². The number of rotatable bonds is 11. The van der Waals surface area contributed by atoms with Crippen LogP contribution in [0.5, 0.6) is 17.2 Å². The number of carbonyl (C=O) groups excluding carboxylic acids is 1. The van der Waals surface area contributed by atoms with Crippen molar-refractivity contribution in [3.8, 4) is 17.2 Å². The van der Waals surface area contributed by atoms with Gasteiger partial charge in [-0.25, -0.2) is 8.42 Å². The fourth-order valence-corrected chi connectivity index (χ4v) is 8.91. The minimum atomic E-state index is -4.51. The number of para-hydroxylation sites is 1. The highest BCUT2D eigenvalue weighted by molar-refractivity contribution is 7.89. The molecule has 0 aromatic heterocycles. The van der Waals surface area contributed by atoms with Gasteiger partial charge in [-0.05, 0) is 111 Å². The molecule has 7 nitrogen and oxygen atoms in total. The van der Waals surface area contributed by atoms with Gasteiger partial charge in [0.15, 0.2) is 6.04 Å². The number of alkyl halides is 2. The van der Waals surface area contributed by atoms with Gasteiger partial charge in [0.25, 0.3) is 5.92 Å². The topological polar surface area (TPSA) is 76.2 Å². The van der Waals surface area contributed by atoms with E-state index in [1.54, 1.807) is 41.3 Å². The predicted octanol–water partition coefficient (Wildman–Crippen LogP) is 8.01. The average Bonchev–Trinajstić information content (AvgIpc) is 3.35. The monoisotopic (exact) mass is 666 g/mol. The Balaban J connectivity index is 1.27. The smallest absolute Gasteiger partial charge is 0.298 e. The summed E-state index contributed by atoms with van der Waals surface area (Å²) in [7, 11) is -3.43. The van der Waals surface area contributed by atoms with Crippen LogP contribution in [0.4, 0.5) is 8.78 Å². The number of benzene rings is 3. The second-order valence-electron chi connectivity index (χ2n) is 13.5. The maximum atomic E-state index is 16.8. The van der Waals surface area contributed by atoms with Crippen LogP contribution >= 0.6 is 0 Å². The fraction of sp³-hybridized carbons (Fsp3) is 0.486. The van der Waals surface area contributed by atoms with Gasteiger partial charge >= 0.3 is 0 Å². The van der Waals surface area contributed by atoms with Gasteiger partial charge in [0.05, 0.1) is 11.5 Å². The van der Waals surface area contributed by atoms with Gasteiger partial charge < -0.3 is 14.4 Å². The summed E-state index contributed by atoms with van der Waals surface area (Å²) in [6.45, 7) is 2.66. The first-order valence-corrected chi connectivity index (χ1v) is 18.2. The predicted molar refractivity (Wildman–Crippen MR) is 176 cm³/mol. The minimum absolute atomic E-state index is 0.180. The number of likely N-dealkylation sites (N-methyl/N-ethyl adjacent to an activating group) is 1. The lowest BCUT2D eigenvalue weighted by atomic mass is 9.90. The molecule has 1 aliphatic carbocycles. The van der Waals surface area contributed by atoms with E-state index < -0.39 is 33.5 Å². The number of halogens is 2. The lowest BCUT2D eigenvalue weighted by Crippen LogP contribution is -2.60. The lowest BCUT2D eigenvalue weighted by molar-refractivity contribution is -0.155. The van der Waals surface area contributed by atoms with E-state index in [-0.39, 0.29) is 17.0 Å². The highest BCUT2D eigenvalue weighted by Crippen LogP contribution is 2.44. The average molecular weight is 667 g/mol. The van der Waals surface area contributed by atoms with Crippen LogP contribution in [0.25, 0.3) is 0 Å². The summed E-state index contributed by atoms with van der Waals surface area (Å²) in [6, 6.07) is 17.3. The van der Waals surface area contributed by atoms with Crippen LogP contribution in [0.15, 0.2) is 83.8 Å². The normalized spacial score (nSPS) is 22.7. The molecular weight excluding hydrogens is 622 g/mol. The van der Waals surface area contributed by atoms with Crippen molar-refractivity contribution in [2.24, 2.45) is 11.8 Å². The van der Waals surface area contributed by atoms with Crippen LogP contribution in [0.2, 0.25) is 0 Å². The Labute approximate surface area is 276 Å². The van der Waals surface area contributed by atoms with Gasteiger partial charge in [-0.2, -0.15) is 13.1 Å². The van der Waals surface area contributed by atoms with E-state index >= 15 is 8.78 Å². The Bertz CT molecular complexity index is 1600. The quantitative estimate of drug-likeness (QED) is 0.207. The molecule has 2 bridgehead atoms. The third-order valence-electron chi connectivity index (χ3n) is 10.1. The van der Waals surface area contributed by atoms with E-state index in [1.165, 1.54) is 55.7 Å². The minimum Gasteiger partial charge on any atom is -0.493 e. The SMILES string of the molecule is CC1CC2CCC(C1)N2C(=O)C(N(C)S(=O)(=O)c1ccc(OCC2CCCCC2)cc1)C(F)(F)c1ccc(Oc2ccccc2)cc1. The number of hydrogen-bond acceptors (Lipinski definition) is 5. The number of carbonyl (C=O) groups is 1. The van der Waals surface area contributed by atoms with E-state index in [2.05, 4.69) is 6.92 Å². The summed E-state index contributed by atoms with van der Waals surface area (Å²) in [6.07, 6.45) is 8.72. The Morgan fingerprint density at radius 2 is 1.43 bits per heavy atom. The molecule has 3 atom stereocenters. The molecule has 252 valence electrons. The molecule has 3 aromatic rings. The van der Waals surface area contributed by atoms with Crippen molar-refractivity contribution >= 4 is 15.9 Å². The lowest BCUT2D eigenvalue weighted by Gasteiger charge is -2.42. The Morgan fingerprint density at radius 3 is 2.04 bits per heavy atom. The summed E-state index contributed by atoms with van der Waals surface area (Å²) in [5.41, 5.74) is -0.470. The molecule has 1 amide bonds. The molecule has 3 aliphatic rings. The molecule has 3 aromatic carbocycles. The largest absolute Gasteiger partial charge is 0.493 e. The maximum absolute atomic E-state index is 16.8. The molecule has 1 saturated carbocycles. The third-order valence-corrected chi connectivity index (χ3v) is 11.9. The summed E-state index contributed by atoms with van der Waals surface area (Å²) in [4.78, 5) is 15.7. The summed E-state index contributed by atoms with van der Waals surface area (Å²) < 4.78 is 73.8.